The van der Waals surface area contributed by atoms with Crippen LogP contribution in [0.2, 0.25) is 0 Å². The minimum Gasteiger partial charge on any atom is -0.492 e. The van der Waals surface area contributed by atoms with Crippen LogP contribution < -0.4 is 9.47 Å². The summed E-state index contributed by atoms with van der Waals surface area (Å²) in [5.74, 6) is 1.59. The number of hydrogen-bond acceptors (Lipinski definition) is 2. The van der Waals surface area contributed by atoms with Gasteiger partial charge in [0, 0.05) is 10.8 Å². The molecule has 22 heavy (non-hydrogen) atoms. The van der Waals surface area contributed by atoms with E-state index in [1.807, 2.05) is 6.07 Å². The van der Waals surface area contributed by atoms with E-state index in [4.69, 9.17) is 9.47 Å². The van der Waals surface area contributed by atoms with E-state index in [1.54, 1.807) is 14.2 Å². The fraction of sp³-hybridized carbons (Fsp3) is 0.100. The van der Waals surface area contributed by atoms with E-state index in [1.165, 1.54) is 21.5 Å². The molecule has 0 amide bonds. The molecule has 0 saturated carbocycles. The van der Waals surface area contributed by atoms with Crippen LogP contribution in [0.5, 0.6) is 11.5 Å². The van der Waals surface area contributed by atoms with Crippen molar-refractivity contribution in [2.45, 2.75) is 0 Å². The highest BCUT2D eigenvalue weighted by atomic mass is 16.5. The lowest BCUT2D eigenvalue weighted by atomic mass is 9.96. The van der Waals surface area contributed by atoms with Gasteiger partial charge in [-0.25, -0.2) is 0 Å². The number of hydrogen-bond donors (Lipinski definition) is 0. The van der Waals surface area contributed by atoms with Crippen molar-refractivity contribution in [3.05, 3.63) is 60.7 Å². The van der Waals surface area contributed by atoms with Gasteiger partial charge in [0.15, 0.2) is 11.5 Å². The molecule has 0 unspecified atom stereocenters. The van der Waals surface area contributed by atoms with Crippen LogP contribution in [-0.4, -0.2) is 14.2 Å². The summed E-state index contributed by atoms with van der Waals surface area (Å²) in [4.78, 5) is 0. The summed E-state index contributed by atoms with van der Waals surface area (Å²) in [6.45, 7) is 0. The first kappa shape index (κ1) is 13.0. The molecule has 0 aliphatic rings. The number of methoxy groups -OCH3 is 2. The topological polar surface area (TPSA) is 18.5 Å². The number of rotatable bonds is 2. The fourth-order valence-corrected chi connectivity index (χ4v) is 3.22. The van der Waals surface area contributed by atoms with Gasteiger partial charge in [-0.15, -0.1) is 0 Å². The first-order valence-electron chi connectivity index (χ1n) is 7.28. The largest absolute Gasteiger partial charge is 0.492 e. The molecular formula is C20H16O2. The lowest BCUT2D eigenvalue weighted by Gasteiger charge is -2.15. The third-order valence-corrected chi connectivity index (χ3v) is 4.21. The van der Waals surface area contributed by atoms with Crippen molar-refractivity contribution in [3.63, 3.8) is 0 Å². The second-order valence-electron chi connectivity index (χ2n) is 5.36. The van der Waals surface area contributed by atoms with Crippen LogP contribution in [0.3, 0.4) is 0 Å². The van der Waals surface area contributed by atoms with Gasteiger partial charge >= 0.3 is 0 Å². The van der Waals surface area contributed by atoms with E-state index < -0.39 is 0 Å². The summed E-state index contributed by atoms with van der Waals surface area (Å²) in [7, 11) is 3.39. The van der Waals surface area contributed by atoms with Crippen molar-refractivity contribution in [1.82, 2.24) is 0 Å². The summed E-state index contributed by atoms with van der Waals surface area (Å²) < 4.78 is 11.3. The van der Waals surface area contributed by atoms with Crippen molar-refractivity contribution in [1.29, 1.82) is 0 Å². The molecule has 0 aliphatic carbocycles. The smallest absolute Gasteiger partial charge is 0.169 e. The average Bonchev–Trinajstić information content (AvgIpc) is 2.59. The summed E-state index contributed by atoms with van der Waals surface area (Å²) in [5, 5.41) is 6.95. The molecule has 0 fully saturated rings. The Morgan fingerprint density at radius 2 is 1.05 bits per heavy atom. The summed E-state index contributed by atoms with van der Waals surface area (Å²) in [5.41, 5.74) is 0. The monoisotopic (exact) mass is 288 g/mol. The lowest BCUT2D eigenvalue weighted by molar-refractivity contribution is 0.362. The predicted octanol–water partition coefficient (Wildman–Crippen LogP) is 5.16. The van der Waals surface area contributed by atoms with Crippen LogP contribution in [0, 0.1) is 0 Å². The van der Waals surface area contributed by atoms with Gasteiger partial charge in [0.25, 0.3) is 0 Å². The fourth-order valence-electron chi connectivity index (χ4n) is 3.22. The molecule has 2 nitrogen and oxygen atoms in total. The number of benzene rings is 4. The normalized spacial score (nSPS) is 11.2. The van der Waals surface area contributed by atoms with Crippen LogP contribution >= 0.6 is 0 Å². The minimum atomic E-state index is 0.792. The lowest BCUT2D eigenvalue weighted by Crippen LogP contribution is -1.94. The van der Waals surface area contributed by atoms with Crippen LogP contribution in [0.1, 0.15) is 0 Å². The predicted molar refractivity (Wildman–Crippen MR) is 92.1 cm³/mol. The van der Waals surface area contributed by atoms with E-state index >= 15 is 0 Å². The number of ether oxygens (including phenoxy) is 2. The maximum atomic E-state index is 5.68. The Balaban J connectivity index is 2.30. The maximum Gasteiger partial charge on any atom is 0.169 e. The molecule has 0 radical (unpaired) electrons. The molecule has 0 aliphatic heterocycles. The Morgan fingerprint density at radius 1 is 0.545 bits per heavy atom. The molecule has 0 heterocycles. The standard InChI is InChI=1S/C20H16O2/c1-21-19-16-10-6-5-9-15(16)17-11-13-7-3-4-8-14(13)12-18(17)20(19)22-2/h3-12H,1-2H3. The minimum absolute atomic E-state index is 0.792. The highest BCUT2D eigenvalue weighted by molar-refractivity contribution is 6.17. The molecule has 0 saturated heterocycles. The molecule has 0 aromatic heterocycles. The van der Waals surface area contributed by atoms with E-state index in [9.17, 15) is 0 Å². The highest BCUT2D eigenvalue weighted by Gasteiger charge is 2.15. The van der Waals surface area contributed by atoms with Crippen LogP contribution in [0.25, 0.3) is 32.3 Å². The molecule has 4 aromatic rings. The van der Waals surface area contributed by atoms with Gasteiger partial charge in [-0.3, -0.25) is 0 Å². The van der Waals surface area contributed by atoms with Gasteiger partial charge in [0.05, 0.1) is 14.2 Å². The molecule has 2 heteroatoms. The van der Waals surface area contributed by atoms with Crippen LogP contribution in [-0.2, 0) is 0 Å². The molecule has 108 valence electrons. The van der Waals surface area contributed by atoms with E-state index in [0.717, 1.165) is 22.3 Å². The van der Waals surface area contributed by atoms with Gasteiger partial charge in [0.1, 0.15) is 0 Å². The number of fused-ring (bicyclic) bond motifs is 4. The van der Waals surface area contributed by atoms with E-state index in [0.29, 0.717) is 0 Å². The van der Waals surface area contributed by atoms with Gasteiger partial charge in [-0.05, 0) is 33.7 Å². The molecular weight excluding hydrogens is 272 g/mol. The van der Waals surface area contributed by atoms with Gasteiger partial charge in [-0.2, -0.15) is 0 Å². The van der Waals surface area contributed by atoms with E-state index in [-0.39, 0.29) is 0 Å². The van der Waals surface area contributed by atoms with Gasteiger partial charge in [0.2, 0.25) is 0 Å². The van der Waals surface area contributed by atoms with Crippen molar-refractivity contribution >= 4 is 32.3 Å². The second kappa shape index (κ2) is 4.92. The van der Waals surface area contributed by atoms with E-state index in [2.05, 4.69) is 54.6 Å². The quantitative estimate of drug-likeness (QED) is 0.374. The van der Waals surface area contributed by atoms with Crippen molar-refractivity contribution in [2.75, 3.05) is 14.2 Å². The highest BCUT2D eigenvalue weighted by Crippen LogP contribution is 2.44. The molecule has 4 aromatic carbocycles. The molecule has 4 rings (SSSR count). The molecule has 0 N–H and O–H groups in total. The zero-order valence-corrected chi connectivity index (χ0v) is 12.6. The maximum absolute atomic E-state index is 5.68. The van der Waals surface area contributed by atoms with Gasteiger partial charge < -0.3 is 9.47 Å². The Labute approximate surface area is 128 Å². The molecule has 0 atom stereocenters. The van der Waals surface area contributed by atoms with Gasteiger partial charge in [-0.1, -0.05) is 48.5 Å². The first-order valence-corrected chi connectivity index (χ1v) is 7.28. The Morgan fingerprint density at radius 3 is 1.68 bits per heavy atom. The Bertz CT molecular complexity index is 1000. The summed E-state index contributed by atoms with van der Waals surface area (Å²) in [6.07, 6.45) is 0. The van der Waals surface area contributed by atoms with Crippen molar-refractivity contribution in [2.24, 2.45) is 0 Å². The van der Waals surface area contributed by atoms with Crippen molar-refractivity contribution < 1.29 is 9.47 Å². The molecule has 0 bridgehead atoms. The van der Waals surface area contributed by atoms with Crippen molar-refractivity contribution in [3.8, 4) is 11.5 Å². The molecule has 0 spiro atoms. The third kappa shape index (κ3) is 1.74. The Hall–Kier alpha value is -2.74. The summed E-state index contributed by atoms with van der Waals surface area (Å²) >= 11 is 0. The van der Waals surface area contributed by atoms with Crippen LogP contribution in [0.15, 0.2) is 60.7 Å². The zero-order chi connectivity index (χ0) is 15.1. The SMILES string of the molecule is COc1c(OC)c2cc3ccccc3cc2c2ccccc12. The average molecular weight is 288 g/mol. The first-order chi connectivity index (χ1) is 10.8. The van der Waals surface area contributed by atoms with Crippen LogP contribution in [0.4, 0.5) is 0 Å². The Kier molecular flexibility index (Phi) is 2.90. The second-order valence-corrected chi connectivity index (χ2v) is 5.36. The summed E-state index contributed by atoms with van der Waals surface area (Å²) in [6, 6.07) is 21.1. The zero-order valence-electron chi connectivity index (χ0n) is 12.6. The third-order valence-electron chi connectivity index (χ3n) is 4.21.